The molecule has 0 radical (unpaired) electrons. The highest BCUT2D eigenvalue weighted by Crippen LogP contribution is 2.37. The molecule has 1 aliphatic rings. The number of urea groups is 1. The molecule has 0 bridgehead atoms. The third kappa shape index (κ3) is 3.47. The Morgan fingerprint density at radius 1 is 1.36 bits per heavy atom. The second-order valence-electron chi connectivity index (χ2n) is 4.18. The second-order valence-corrected chi connectivity index (χ2v) is 4.59. The van der Waals surface area contributed by atoms with E-state index < -0.39 is 24.5 Å². The average molecular weight is 327 g/mol. The Bertz CT molecular complexity index is 685. The largest absolute Gasteiger partial charge is 0.493 e. The van der Waals surface area contributed by atoms with Crippen molar-refractivity contribution in [2.24, 2.45) is 0 Å². The predicted octanol–water partition coefficient (Wildman–Crippen LogP) is 0.992. The molecule has 0 saturated carbocycles. The van der Waals surface area contributed by atoms with Gasteiger partial charge in [-0.3, -0.25) is 10.1 Å². The summed E-state index contributed by atoms with van der Waals surface area (Å²) < 4.78 is 10.1. The number of nitrogens with one attached hydrogen (secondary N) is 2. The van der Waals surface area contributed by atoms with E-state index in [1.807, 2.05) is 0 Å². The molecule has 22 heavy (non-hydrogen) atoms. The molecular weight excluding hydrogens is 316 g/mol. The van der Waals surface area contributed by atoms with Gasteiger partial charge in [-0.1, -0.05) is 11.6 Å². The summed E-state index contributed by atoms with van der Waals surface area (Å²) in [5.74, 6) is -1.44. The van der Waals surface area contributed by atoms with Crippen molar-refractivity contribution in [1.82, 2.24) is 10.6 Å². The molecule has 1 saturated heterocycles. The third-order valence-electron chi connectivity index (χ3n) is 2.62. The van der Waals surface area contributed by atoms with Crippen LogP contribution in [0.25, 0.3) is 6.08 Å². The van der Waals surface area contributed by atoms with Crippen molar-refractivity contribution in [2.75, 3.05) is 13.7 Å². The van der Waals surface area contributed by atoms with Gasteiger partial charge in [-0.25, -0.2) is 9.59 Å². The molecule has 0 aromatic heterocycles. The zero-order chi connectivity index (χ0) is 16.3. The number of halogens is 1. The van der Waals surface area contributed by atoms with Crippen LogP contribution in [0.5, 0.6) is 11.5 Å². The molecule has 0 spiro atoms. The molecular formula is C13H11ClN2O6. The fraction of sp³-hybridized carbons (Fsp3) is 0.154. The van der Waals surface area contributed by atoms with Crippen molar-refractivity contribution >= 4 is 35.6 Å². The molecule has 0 aliphatic carbocycles. The molecule has 8 nitrogen and oxygen atoms in total. The highest BCUT2D eigenvalue weighted by molar-refractivity contribution is 6.32. The van der Waals surface area contributed by atoms with Crippen LogP contribution in [-0.2, 0) is 9.59 Å². The Morgan fingerprint density at radius 3 is 2.64 bits per heavy atom. The normalized spacial score (nSPS) is 15.5. The zero-order valence-electron chi connectivity index (χ0n) is 11.3. The summed E-state index contributed by atoms with van der Waals surface area (Å²) in [6.45, 7) is -0.574. The number of aliphatic carboxylic acids is 1. The molecule has 3 N–H and O–H groups in total. The number of carbonyl (C=O) groups excluding carboxylic acids is 2. The number of ether oxygens (including phenoxy) is 2. The molecule has 0 unspecified atom stereocenters. The van der Waals surface area contributed by atoms with E-state index in [-0.39, 0.29) is 22.2 Å². The maximum absolute atomic E-state index is 11.5. The summed E-state index contributed by atoms with van der Waals surface area (Å²) in [6, 6.07) is 2.33. The Balaban J connectivity index is 2.33. The lowest BCUT2D eigenvalue weighted by atomic mass is 10.1. The highest BCUT2D eigenvalue weighted by atomic mass is 35.5. The second kappa shape index (κ2) is 6.35. The average Bonchev–Trinajstić information content (AvgIpc) is 2.74. The van der Waals surface area contributed by atoms with Crippen LogP contribution in [0.15, 0.2) is 17.8 Å². The van der Waals surface area contributed by atoms with E-state index in [2.05, 4.69) is 10.6 Å². The van der Waals surface area contributed by atoms with Crippen LogP contribution in [0.1, 0.15) is 5.56 Å². The van der Waals surface area contributed by atoms with Gasteiger partial charge in [0.25, 0.3) is 5.91 Å². The van der Waals surface area contributed by atoms with E-state index in [1.165, 1.54) is 25.3 Å². The van der Waals surface area contributed by atoms with Gasteiger partial charge in [0.15, 0.2) is 18.1 Å². The van der Waals surface area contributed by atoms with Crippen LogP contribution in [0.4, 0.5) is 4.79 Å². The number of carboxylic acids is 1. The summed E-state index contributed by atoms with van der Waals surface area (Å²) in [7, 11) is 1.36. The first-order valence-corrected chi connectivity index (χ1v) is 6.34. The molecule has 1 fully saturated rings. The lowest BCUT2D eigenvalue weighted by molar-refractivity contribution is -0.139. The Labute approximate surface area is 129 Å². The van der Waals surface area contributed by atoms with Gasteiger partial charge in [0, 0.05) is 0 Å². The number of rotatable bonds is 5. The van der Waals surface area contributed by atoms with Crippen LogP contribution in [0.2, 0.25) is 5.02 Å². The number of hydrogen-bond acceptors (Lipinski definition) is 5. The van der Waals surface area contributed by atoms with Crippen LogP contribution in [0.3, 0.4) is 0 Å². The number of benzene rings is 1. The van der Waals surface area contributed by atoms with Gasteiger partial charge in [-0.05, 0) is 23.8 Å². The van der Waals surface area contributed by atoms with E-state index in [0.717, 1.165) is 0 Å². The summed E-state index contributed by atoms with van der Waals surface area (Å²) in [4.78, 5) is 33.0. The molecule has 1 aliphatic heterocycles. The van der Waals surface area contributed by atoms with E-state index >= 15 is 0 Å². The molecule has 116 valence electrons. The number of amides is 3. The van der Waals surface area contributed by atoms with Gasteiger partial charge in [0.2, 0.25) is 0 Å². The lowest BCUT2D eigenvalue weighted by Crippen LogP contribution is -2.22. The van der Waals surface area contributed by atoms with Crippen molar-refractivity contribution in [1.29, 1.82) is 0 Å². The van der Waals surface area contributed by atoms with Crippen LogP contribution in [0, 0.1) is 0 Å². The van der Waals surface area contributed by atoms with Gasteiger partial charge in [-0.2, -0.15) is 0 Å². The topological polar surface area (TPSA) is 114 Å². The maximum Gasteiger partial charge on any atom is 0.341 e. The predicted molar refractivity (Wildman–Crippen MR) is 75.8 cm³/mol. The van der Waals surface area contributed by atoms with Crippen molar-refractivity contribution in [3.63, 3.8) is 0 Å². The van der Waals surface area contributed by atoms with Crippen LogP contribution < -0.4 is 20.1 Å². The quantitative estimate of drug-likeness (QED) is 0.549. The Hall–Kier alpha value is -2.74. The zero-order valence-corrected chi connectivity index (χ0v) is 12.1. The number of imide groups is 1. The fourth-order valence-corrected chi connectivity index (χ4v) is 2.02. The van der Waals surface area contributed by atoms with Gasteiger partial charge in [-0.15, -0.1) is 0 Å². The summed E-state index contributed by atoms with van der Waals surface area (Å²) >= 11 is 6.03. The van der Waals surface area contributed by atoms with E-state index in [4.69, 9.17) is 26.2 Å². The van der Waals surface area contributed by atoms with E-state index in [0.29, 0.717) is 5.56 Å². The first kappa shape index (κ1) is 15.6. The minimum atomic E-state index is -1.16. The number of hydrogen-bond donors (Lipinski definition) is 3. The number of carboxylic acid groups (broad SMARTS) is 1. The highest BCUT2D eigenvalue weighted by Gasteiger charge is 2.23. The first-order valence-electron chi connectivity index (χ1n) is 5.97. The van der Waals surface area contributed by atoms with Crippen molar-refractivity contribution in [3.8, 4) is 11.5 Å². The van der Waals surface area contributed by atoms with E-state index in [1.54, 1.807) is 0 Å². The van der Waals surface area contributed by atoms with Crippen molar-refractivity contribution in [3.05, 3.63) is 28.4 Å². The van der Waals surface area contributed by atoms with Gasteiger partial charge in [0.1, 0.15) is 5.70 Å². The van der Waals surface area contributed by atoms with Gasteiger partial charge in [0.05, 0.1) is 12.1 Å². The van der Waals surface area contributed by atoms with Gasteiger partial charge < -0.3 is 19.9 Å². The molecule has 1 aromatic carbocycles. The van der Waals surface area contributed by atoms with Crippen LogP contribution >= 0.6 is 11.6 Å². The monoisotopic (exact) mass is 326 g/mol. The Morgan fingerprint density at radius 2 is 2.09 bits per heavy atom. The van der Waals surface area contributed by atoms with Crippen LogP contribution in [-0.4, -0.2) is 36.7 Å². The van der Waals surface area contributed by atoms with Gasteiger partial charge >= 0.3 is 12.0 Å². The number of methoxy groups -OCH3 is 1. The lowest BCUT2D eigenvalue weighted by Gasteiger charge is -2.12. The molecule has 1 aromatic rings. The fourth-order valence-electron chi connectivity index (χ4n) is 1.75. The van der Waals surface area contributed by atoms with Crippen molar-refractivity contribution in [2.45, 2.75) is 0 Å². The smallest absolute Gasteiger partial charge is 0.341 e. The Kier molecular flexibility index (Phi) is 4.52. The molecule has 2 rings (SSSR count). The minimum Gasteiger partial charge on any atom is -0.493 e. The summed E-state index contributed by atoms with van der Waals surface area (Å²) in [5.41, 5.74) is 0.527. The molecule has 1 heterocycles. The summed E-state index contributed by atoms with van der Waals surface area (Å²) in [6.07, 6.45) is 1.40. The van der Waals surface area contributed by atoms with Crippen molar-refractivity contribution < 1.29 is 29.0 Å². The minimum absolute atomic E-state index is 0.0577. The molecule has 9 heteroatoms. The number of carbonyl (C=O) groups is 3. The first-order chi connectivity index (χ1) is 10.4. The van der Waals surface area contributed by atoms with E-state index in [9.17, 15) is 14.4 Å². The SMILES string of the molecule is COc1cc(/C=C2/NC(=O)NC2=O)cc(Cl)c1OCC(=O)O. The molecule has 0 atom stereocenters. The standard InChI is InChI=1S/C13H11ClN2O6/c1-21-9-4-6(3-8-12(19)16-13(20)15-8)2-7(14)11(9)22-5-10(17)18/h2-4H,5H2,1H3,(H,17,18)(H2,15,16,19,20)/b8-3+. The molecule has 3 amide bonds. The summed E-state index contributed by atoms with van der Waals surface area (Å²) in [5, 5.41) is 13.1. The maximum atomic E-state index is 11.5. The third-order valence-corrected chi connectivity index (χ3v) is 2.90.